The molecule has 0 saturated heterocycles. The molecule has 0 aliphatic rings. The first-order chi connectivity index (χ1) is 8.11. The molecule has 0 atom stereocenters. The van der Waals surface area contributed by atoms with Gasteiger partial charge in [0.15, 0.2) is 0 Å². The standard InChI is InChI=1S/C15H34N2/c1-7-14(8-2,12-11-13-16-5)15(9-3,10-4)17-6/h16-17H,7-13H2,1-6H3. The van der Waals surface area contributed by atoms with Crippen molar-refractivity contribution in [3.63, 3.8) is 0 Å². The van der Waals surface area contributed by atoms with Crippen molar-refractivity contribution in [1.82, 2.24) is 10.6 Å². The Morgan fingerprint density at radius 3 is 1.65 bits per heavy atom. The lowest BCUT2D eigenvalue weighted by Gasteiger charge is -2.50. The molecule has 0 radical (unpaired) electrons. The van der Waals surface area contributed by atoms with Crippen molar-refractivity contribution in [3.05, 3.63) is 0 Å². The Labute approximate surface area is 109 Å². The maximum absolute atomic E-state index is 3.66. The van der Waals surface area contributed by atoms with Crippen LogP contribution in [0.3, 0.4) is 0 Å². The van der Waals surface area contributed by atoms with E-state index in [-0.39, 0.29) is 0 Å². The third-order valence-corrected chi connectivity index (χ3v) is 5.14. The molecule has 0 fully saturated rings. The molecule has 0 aromatic carbocycles. The van der Waals surface area contributed by atoms with E-state index in [0.717, 1.165) is 6.54 Å². The van der Waals surface area contributed by atoms with E-state index >= 15 is 0 Å². The van der Waals surface area contributed by atoms with Gasteiger partial charge in [0.2, 0.25) is 0 Å². The van der Waals surface area contributed by atoms with Crippen molar-refractivity contribution in [1.29, 1.82) is 0 Å². The molecule has 17 heavy (non-hydrogen) atoms. The molecular weight excluding hydrogens is 208 g/mol. The summed E-state index contributed by atoms with van der Waals surface area (Å²) in [7, 11) is 4.19. The third kappa shape index (κ3) is 3.45. The fourth-order valence-electron chi connectivity index (χ4n) is 3.74. The molecule has 2 N–H and O–H groups in total. The fourth-order valence-corrected chi connectivity index (χ4v) is 3.74. The smallest absolute Gasteiger partial charge is 0.0229 e. The summed E-state index contributed by atoms with van der Waals surface area (Å²) in [4.78, 5) is 0. The van der Waals surface area contributed by atoms with Crippen LogP contribution in [-0.2, 0) is 0 Å². The van der Waals surface area contributed by atoms with Crippen molar-refractivity contribution in [2.24, 2.45) is 5.41 Å². The van der Waals surface area contributed by atoms with E-state index in [9.17, 15) is 0 Å². The lowest BCUT2D eigenvalue weighted by atomic mass is 9.61. The highest BCUT2D eigenvalue weighted by Gasteiger charge is 2.44. The highest BCUT2D eigenvalue weighted by Crippen LogP contribution is 2.46. The Morgan fingerprint density at radius 1 is 0.824 bits per heavy atom. The largest absolute Gasteiger partial charge is 0.320 e. The number of hydrogen-bond donors (Lipinski definition) is 2. The molecule has 104 valence electrons. The van der Waals surface area contributed by atoms with E-state index in [1.54, 1.807) is 0 Å². The molecule has 0 aliphatic heterocycles. The predicted molar refractivity (Wildman–Crippen MR) is 78.5 cm³/mol. The van der Waals surface area contributed by atoms with E-state index in [1.165, 1.54) is 38.5 Å². The number of rotatable bonds is 10. The average Bonchev–Trinajstić information content (AvgIpc) is 2.39. The zero-order valence-corrected chi connectivity index (χ0v) is 12.9. The van der Waals surface area contributed by atoms with Crippen LogP contribution in [-0.4, -0.2) is 26.2 Å². The van der Waals surface area contributed by atoms with Gasteiger partial charge in [-0.3, -0.25) is 0 Å². The van der Waals surface area contributed by atoms with Crippen LogP contribution in [0.5, 0.6) is 0 Å². The van der Waals surface area contributed by atoms with Crippen LogP contribution in [0.2, 0.25) is 0 Å². The average molecular weight is 242 g/mol. The van der Waals surface area contributed by atoms with Crippen LogP contribution in [0, 0.1) is 5.41 Å². The molecule has 0 amide bonds. The minimum absolute atomic E-state index is 0.310. The fraction of sp³-hybridized carbons (Fsp3) is 1.00. The van der Waals surface area contributed by atoms with E-state index in [1.807, 2.05) is 7.05 Å². The lowest BCUT2D eigenvalue weighted by molar-refractivity contribution is 0.0542. The number of nitrogens with one attached hydrogen (secondary N) is 2. The van der Waals surface area contributed by atoms with Crippen molar-refractivity contribution in [2.75, 3.05) is 20.6 Å². The second-order valence-electron chi connectivity index (χ2n) is 5.23. The van der Waals surface area contributed by atoms with Gasteiger partial charge in [0, 0.05) is 5.54 Å². The maximum atomic E-state index is 3.66. The van der Waals surface area contributed by atoms with Crippen molar-refractivity contribution >= 4 is 0 Å². The topological polar surface area (TPSA) is 24.1 Å². The van der Waals surface area contributed by atoms with Gasteiger partial charge in [0.05, 0.1) is 0 Å². The number of hydrogen-bond acceptors (Lipinski definition) is 2. The van der Waals surface area contributed by atoms with E-state index < -0.39 is 0 Å². The summed E-state index contributed by atoms with van der Waals surface area (Å²) in [5, 5.41) is 6.94. The summed E-state index contributed by atoms with van der Waals surface area (Å²) in [6, 6.07) is 0. The molecular formula is C15H34N2. The lowest BCUT2D eigenvalue weighted by Crippen LogP contribution is -2.56. The Kier molecular flexibility index (Phi) is 8.06. The third-order valence-electron chi connectivity index (χ3n) is 5.14. The molecule has 0 unspecified atom stereocenters. The van der Waals surface area contributed by atoms with Crippen LogP contribution in [0.25, 0.3) is 0 Å². The second-order valence-corrected chi connectivity index (χ2v) is 5.23. The second kappa shape index (κ2) is 8.10. The first-order valence-corrected chi connectivity index (χ1v) is 7.45. The van der Waals surface area contributed by atoms with Crippen molar-refractivity contribution in [2.45, 2.75) is 71.8 Å². The summed E-state index contributed by atoms with van der Waals surface area (Å²) in [6.07, 6.45) is 7.60. The molecule has 2 heteroatoms. The molecule has 0 bridgehead atoms. The minimum Gasteiger partial charge on any atom is -0.320 e. The molecule has 0 saturated carbocycles. The van der Waals surface area contributed by atoms with Gasteiger partial charge in [0.1, 0.15) is 0 Å². The monoisotopic (exact) mass is 242 g/mol. The van der Waals surface area contributed by atoms with Crippen LogP contribution < -0.4 is 10.6 Å². The summed E-state index contributed by atoms with van der Waals surface area (Å²) in [5.41, 5.74) is 0.756. The first-order valence-electron chi connectivity index (χ1n) is 7.45. The van der Waals surface area contributed by atoms with Gasteiger partial charge >= 0.3 is 0 Å². The van der Waals surface area contributed by atoms with Crippen molar-refractivity contribution < 1.29 is 0 Å². The Bertz CT molecular complexity index is 173. The van der Waals surface area contributed by atoms with Crippen LogP contribution in [0.1, 0.15) is 66.2 Å². The van der Waals surface area contributed by atoms with Gasteiger partial charge in [-0.15, -0.1) is 0 Å². The molecule has 0 rings (SSSR count). The van der Waals surface area contributed by atoms with Crippen molar-refractivity contribution in [3.8, 4) is 0 Å². The summed E-state index contributed by atoms with van der Waals surface area (Å²) >= 11 is 0. The molecule has 2 nitrogen and oxygen atoms in total. The summed E-state index contributed by atoms with van der Waals surface area (Å²) in [5.74, 6) is 0. The molecule has 0 spiro atoms. The van der Waals surface area contributed by atoms with Crippen LogP contribution in [0.15, 0.2) is 0 Å². The first kappa shape index (κ1) is 16.9. The molecule has 0 aromatic heterocycles. The maximum Gasteiger partial charge on any atom is 0.0229 e. The van der Waals surface area contributed by atoms with Gasteiger partial charge in [-0.1, -0.05) is 27.7 Å². The predicted octanol–water partition coefficient (Wildman–Crippen LogP) is 3.57. The normalized spacial score (nSPS) is 13.1. The van der Waals surface area contributed by atoms with Gasteiger partial charge in [-0.2, -0.15) is 0 Å². The highest BCUT2D eigenvalue weighted by atomic mass is 15.0. The van der Waals surface area contributed by atoms with Crippen LogP contribution >= 0.6 is 0 Å². The van der Waals surface area contributed by atoms with Crippen LogP contribution in [0.4, 0.5) is 0 Å². The zero-order chi connectivity index (χ0) is 13.4. The quantitative estimate of drug-likeness (QED) is 0.572. The van der Waals surface area contributed by atoms with Gasteiger partial charge < -0.3 is 10.6 Å². The van der Waals surface area contributed by atoms with E-state index in [0.29, 0.717) is 11.0 Å². The summed E-state index contributed by atoms with van der Waals surface area (Å²) < 4.78 is 0. The Hall–Kier alpha value is -0.0800. The van der Waals surface area contributed by atoms with E-state index in [4.69, 9.17) is 0 Å². The van der Waals surface area contributed by atoms with Gasteiger partial charge in [-0.25, -0.2) is 0 Å². The molecule has 0 aromatic rings. The molecule has 0 heterocycles. The Morgan fingerprint density at radius 2 is 1.35 bits per heavy atom. The zero-order valence-electron chi connectivity index (χ0n) is 12.9. The molecule has 0 aliphatic carbocycles. The van der Waals surface area contributed by atoms with Gasteiger partial charge in [0.25, 0.3) is 0 Å². The Balaban J connectivity index is 4.98. The summed E-state index contributed by atoms with van der Waals surface area (Å²) in [6.45, 7) is 10.5. The van der Waals surface area contributed by atoms with E-state index in [2.05, 4.69) is 45.4 Å². The SMILES string of the molecule is CCC(CC)(CCCNC)C(CC)(CC)NC. The highest BCUT2D eigenvalue weighted by molar-refractivity contribution is 5.01. The minimum atomic E-state index is 0.310. The van der Waals surface area contributed by atoms with Gasteiger partial charge in [-0.05, 0) is 64.6 Å².